The normalized spacial score (nSPS) is 21.1. The standard InChI is InChI=1S/C13H20N4OS/c1-8(2)16-5-9-10(14-7-16)17-6-13(3,4)19-12(17)15-11(9)18/h8,14H,5-7H2,1-4H3. The van der Waals surface area contributed by atoms with Gasteiger partial charge in [0.25, 0.3) is 5.56 Å². The molecule has 1 N–H and O–H groups in total. The topological polar surface area (TPSA) is 50.2 Å². The maximum atomic E-state index is 12.2. The minimum atomic E-state index is -0.0794. The number of thioether (sulfide) groups is 1. The molecular formula is C13H20N4OS. The van der Waals surface area contributed by atoms with E-state index in [0.717, 1.165) is 29.8 Å². The van der Waals surface area contributed by atoms with Gasteiger partial charge in [-0.15, -0.1) is 0 Å². The van der Waals surface area contributed by atoms with Crippen molar-refractivity contribution in [2.24, 2.45) is 0 Å². The molecule has 0 unspecified atom stereocenters. The molecule has 2 aliphatic rings. The van der Waals surface area contributed by atoms with Crippen molar-refractivity contribution >= 4 is 17.6 Å². The minimum Gasteiger partial charge on any atom is -0.358 e. The summed E-state index contributed by atoms with van der Waals surface area (Å²) < 4.78 is 2.28. The third-order valence-electron chi connectivity index (χ3n) is 3.69. The van der Waals surface area contributed by atoms with Crippen LogP contribution < -0.4 is 10.9 Å². The molecule has 3 heterocycles. The number of hydrogen-bond acceptors (Lipinski definition) is 5. The van der Waals surface area contributed by atoms with E-state index >= 15 is 0 Å². The highest BCUT2D eigenvalue weighted by Crippen LogP contribution is 2.41. The van der Waals surface area contributed by atoms with Crippen LogP contribution in [0.2, 0.25) is 0 Å². The number of hydrogen-bond donors (Lipinski definition) is 1. The zero-order chi connectivity index (χ0) is 13.8. The molecule has 0 saturated heterocycles. The Hall–Kier alpha value is -1.01. The van der Waals surface area contributed by atoms with Crippen molar-refractivity contribution < 1.29 is 0 Å². The molecule has 1 aromatic rings. The van der Waals surface area contributed by atoms with Gasteiger partial charge in [-0.2, -0.15) is 4.98 Å². The van der Waals surface area contributed by atoms with Crippen LogP contribution in [-0.2, 0) is 13.1 Å². The number of fused-ring (bicyclic) bond motifs is 3. The molecule has 0 bridgehead atoms. The Morgan fingerprint density at radius 3 is 2.84 bits per heavy atom. The summed E-state index contributed by atoms with van der Waals surface area (Å²) in [6.45, 7) is 11.0. The highest BCUT2D eigenvalue weighted by atomic mass is 32.2. The average Bonchev–Trinajstić information content (AvgIpc) is 2.63. The van der Waals surface area contributed by atoms with E-state index in [-0.39, 0.29) is 10.3 Å². The lowest BCUT2D eigenvalue weighted by molar-refractivity contribution is 0.217. The number of nitrogens with one attached hydrogen (secondary N) is 1. The summed E-state index contributed by atoms with van der Waals surface area (Å²) in [5.74, 6) is 0.977. The molecule has 5 nitrogen and oxygen atoms in total. The fourth-order valence-electron chi connectivity index (χ4n) is 2.60. The van der Waals surface area contributed by atoms with Crippen molar-refractivity contribution in [1.82, 2.24) is 14.5 Å². The molecule has 2 aliphatic heterocycles. The van der Waals surface area contributed by atoms with Gasteiger partial charge in [0.05, 0.1) is 12.2 Å². The lowest BCUT2D eigenvalue weighted by Crippen LogP contribution is -2.42. The smallest absolute Gasteiger partial charge is 0.280 e. The number of rotatable bonds is 1. The monoisotopic (exact) mass is 280 g/mol. The van der Waals surface area contributed by atoms with Crippen molar-refractivity contribution in [2.75, 3.05) is 12.0 Å². The zero-order valence-electron chi connectivity index (χ0n) is 11.9. The van der Waals surface area contributed by atoms with Crippen LogP contribution in [0, 0.1) is 0 Å². The van der Waals surface area contributed by atoms with E-state index in [9.17, 15) is 4.79 Å². The van der Waals surface area contributed by atoms with Crippen LogP contribution in [0.15, 0.2) is 9.95 Å². The second-order valence-electron chi connectivity index (χ2n) is 6.15. The molecule has 0 atom stereocenters. The van der Waals surface area contributed by atoms with E-state index in [1.54, 1.807) is 11.8 Å². The summed E-state index contributed by atoms with van der Waals surface area (Å²) in [6.07, 6.45) is 0. The van der Waals surface area contributed by atoms with Gasteiger partial charge >= 0.3 is 0 Å². The molecule has 1 aromatic heterocycles. The zero-order valence-corrected chi connectivity index (χ0v) is 12.7. The highest BCUT2D eigenvalue weighted by Gasteiger charge is 2.34. The van der Waals surface area contributed by atoms with E-state index in [4.69, 9.17) is 0 Å². The second kappa shape index (κ2) is 4.24. The Bertz CT molecular complexity index is 579. The Morgan fingerprint density at radius 1 is 1.42 bits per heavy atom. The SMILES string of the molecule is CC(C)N1CNc2c(c(=O)nc3n2CC(C)(C)S3)C1. The van der Waals surface area contributed by atoms with E-state index in [0.29, 0.717) is 12.6 Å². The van der Waals surface area contributed by atoms with Crippen molar-refractivity contribution in [3.63, 3.8) is 0 Å². The fourth-order valence-corrected chi connectivity index (χ4v) is 3.69. The second-order valence-corrected chi connectivity index (χ2v) is 7.82. The first kappa shape index (κ1) is 13.0. The predicted molar refractivity (Wildman–Crippen MR) is 77.6 cm³/mol. The largest absolute Gasteiger partial charge is 0.358 e. The van der Waals surface area contributed by atoms with Crippen molar-refractivity contribution in [2.45, 2.75) is 56.7 Å². The van der Waals surface area contributed by atoms with E-state index in [1.807, 2.05) is 0 Å². The first-order valence-electron chi connectivity index (χ1n) is 6.68. The van der Waals surface area contributed by atoms with Crippen molar-refractivity contribution in [3.8, 4) is 0 Å². The van der Waals surface area contributed by atoms with Crippen LogP contribution in [0.3, 0.4) is 0 Å². The van der Waals surface area contributed by atoms with E-state index in [1.165, 1.54) is 0 Å². The molecule has 0 spiro atoms. The fraction of sp³-hybridized carbons (Fsp3) is 0.692. The molecule has 0 aromatic carbocycles. The van der Waals surface area contributed by atoms with E-state index < -0.39 is 0 Å². The maximum Gasteiger partial charge on any atom is 0.280 e. The van der Waals surface area contributed by atoms with Crippen molar-refractivity contribution in [1.29, 1.82) is 0 Å². The molecule has 0 aliphatic carbocycles. The Morgan fingerprint density at radius 2 is 2.16 bits per heavy atom. The summed E-state index contributed by atoms with van der Waals surface area (Å²) in [5.41, 5.74) is 0.728. The van der Waals surface area contributed by atoms with Crippen molar-refractivity contribution in [3.05, 3.63) is 15.9 Å². The summed E-state index contributed by atoms with van der Waals surface area (Å²) in [7, 11) is 0. The molecule has 0 amide bonds. The summed E-state index contributed by atoms with van der Waals surface area (Å²) in [6, 6.07) is 0.420. The summed E-state index contributed by atoms with van der Waals surface area (Å²) in [4.78, 5) is 18.7. The van der Waals surface area contributed by atoms with Gasteiger partial charge in [-0.1, -0.05) is 11.8 Å². The van der Waals surface area contributed by atoms with Gasteiger partial charge in [-0.3, -0.25) is 9.69 Å². The number of anilines is 1. The third-order valence-corrected chi connectivity index (χ3v) is 4.87. The van der Waals surface area contributed by atoms with Gasteiger partial charge < -0.3 is 9.88 Å². The Kier molecular flexibility index (Phi) is 2.90. The summed E-state index contributed by atoms with van der Waals surface area (Å²) in [5, 5.41) is 4.26. The molecular weight excluding hydrogens is 260 g/mol. The summed E-state index contributed by atoms with van der Waals surface area (Å²) >= 11 is 1.69. The molecule has 0 fully saturated rings. The van der Waals surface area contributed by atoms with Crippen LogP contribution in [-0.4, -0.2) is 31.9 Å². The maximum absolute atomic E-state index is 12.2. The molecule has 0 radical (unpaired) electrons. The van der Waals surface area contributed by atoms with Gasteiger partial charge in [-0.25, -0.2) is 0 Å². The van der Waals surface area contributed by atoms with Gasteiger partial charge in [0.1, 0.15) is 5.82 Å². The van der Waals surface area contributed by atoms with Crippen LogP contribution in [0.5, 0.6) is 0 Å². The van der Waals surface area contributed by atoms with Crippen LogP contribution >= 0.6 is 11.8 Å². The highest BCUT2D eigenvalue weighted by molar-refractivity contribution is 8.00. The first-order valence-corrected chi connectivity index (χ1v) is 7.50. The Labute approximate surface area is 117 Å². The lowest BCUT2D eigenvalue weighted by atomic mass is 10.1. The van der Waals surface area contributed by atoms with Crippen LogP contribution in [0.25, 0.3) is 0 Å². The van der Waals surface area contributed by atoms with Gasteiger partial charge in [0.15, 0.2) is 5.16 Å². The van der Waals surface area contributed by atoms with Crippen LogP contribution in [0.1, 0.15) is 33.3 Å². The lowest BCUT2D eigenvalue weighted by Gasteiger charge is -2.33. The average molecular weight is 280 g/mol. The number of aromatic nitrogens is 2. The van der Waals surface area contributed by atoms with Gasteiger partial charge in [0.2, 0.25) is 0 Å². The molecule has 6 heteroatoms. The molecule has 19 heavy (non-hydrogen) atoms. The van der Waals surface area contributed by atoms with Gasteiger partial charge in [-0.05, 0) is 27.7 Å². The minimum absolute atomic E-state index is 0.0794. The van der Waals surface area contributed by atoms with Crippen LogP contribution in [0.4, 0.5) is 5.82 Å². The molecule has 3 rings (SSSR count). The molecule has 104 valence electrons. The number of nitrogens with zero attached hydrogens (tertiary/aromatic N) is 3. The Balaban J connectivity index is 2.06. The van der Waals surface area contributed by atoms with E-state index in [2.05, 4.69) is 47.5 Å². The predicted octanol–water partition coefficient (Wildman–Crippen LogP) is 1.72. The first-order chi connectivity index (χ1) is 8.87. The third kappa shape index (κ3) is 2.17. The van der Waals surface area contributed by atoms with Gasteiger partial charge in [0, 0.05) is 23.9 Å². The molecule has 0 saturated carbocycles. The quantitative estimate of drug-likeness (QED) is 0.794.